The molecule has 0 saturated heterocycles. The molecule has 0 spiro atoms. The molecule has 0 bridgehead atoms. The van der Waals surface area contributed by atoms with Gasteiger partial charge in [0, 0.05) is 27.6 Å². The number of fused-ring (bicyclic) bond motifs is 3. The first-order valence-corrected chi connectivity index (χ1v) is 17.1. The Morgan fingerprint density at radius 2 is 0.920 bits per heavy atom. The molecule has 0 aliphatic rings. The average Bonchev–Trinajstić information content (AvgIpc) is 3.82. The Labute approximate surface area is 290 Å². The van der Waals surface area contributed by atoms with Crippen molar-refractivity contribution in [1.29, 1.82) is 0 Å². The summed E-state index contributed by atoms with van der Waals surface area (Å²) in [5.74, 6) is 1.02. The summed E-state index contributed by atoms with van der Waals surface area (Å²) in [6.45, 7) is 2.22. The topological polar surface area (TPSA) is 43.9 Å². The summed E-state index contributed by atoms with van der Waals surface area (Å²) in [4.78, 5) is 0. The molecular formula is C46H33N3O. The van der Waals surface area contributed by atoms with Crippen molar-refractivity contribution in [3.05, 3.63) is 175 Å². The smallest absolute Gasteiger partial charge is 0.248 e. The van der Waals surface area contributed by atoms with Crippen LogP contribution in [0.3, 0.4) is 0 Å². The lowest BCUT2D eigenvalue weighted by Crippen LogP contribution is -1.93. The predicted octanol–water partition coefficient (Wildman–Crippen LogP) is 12.1. The van der Waals surface area contributed by atoms with Gasteiger partial charge in [0.25, 0.3) is 0 Å². The number of benzene rings is 7. The first-order chi connectivity index (χ1) is 24.7. The molecule has 0 N–H and O–H groups in total. The van der Waals surface area contributed by atoms with E-state index in [9.17, 15) is 0 Å². The predicted molar refractivity (Wildman–Crippen MR) is 205 cm³/mol. The molecule has 2 aromatic heterocycles. The summed E-state index contributed by atoms with van der Waals surface area (Å²) in [5.41, 5.74) is 13.8. The Morgan fingerprint density at radius 1 is 0.440 bits per heavy atom. The first-order valence-electron chi connectivity index (χ1n) is 17.1. The molecule has 0 aliphatic carbocycles. The fourth-order valence-corrected chi connectivity index (χ4v) is 7.08. The molecule has 4 heteroatoms. The van der Waals surface area contributed by atoms with E-state index in [2.05, 4.69) is 161 Å². The zero-order valence-corrected chi connectivity index (χ0v) is 27.6. The van der Waals surface area contributed by atoms with Gasteiger partial charge in [-0.1, -0.05) is 116 Å². The molecule has 7 aromatic carbocycles. The van der Waals surface area contributed by atoms with Crippen LogP contribution in [0.25, 0.3) is 83.8 Å². The van der Waals surface area contributed by atoms with Gasteiger partial charge >= 0.3 is 0 Å². The number of hydrogen-bond donors (Lipinski definition) is 0. The number of para-hydroxylation sites is 1. The normalized spacial score (nSPS) is 11.4. The minimum Gasteiger partial charge on any atom is -0.416 e. The highest BCUT2D eigenvalue weighted by Crippen LogP contribution is 2.41. The Kier molecular flexibility index (Phi) is 7.40. The number of aryl methyl sites for hydroxylation is 1. The van der Waals surface area contributed by atoms with E-state index in [0.29, 0.717) is 11.8 Å². The van der Waals surface area contributed by atoms with Crippen LogP contribution in [0.2, 0.25) is 0 Å². The highest BCUT2D eigenvalue weighted by molar-refractivity contribution is 6.11. The van der Waals surface area contributed by atoms with E-state index in [1.807, 2.05) is 30.3 Å². The number of rotatable bonds is 7. The Bertz CT molecular complexity index is 2620. The van der Waals surface area contributed by atoms with Crippen LogP contribution in [0.5, 0.6) is 0 Å². The minimum absolute atomic E-state index is 0.504. The van der Waals surface area contributed by atoms with Crippen molar-refractivity contribution in [2.24, 2.45) is 0 Å². The van der Waals surface area contributed by atoms with Gasteiger partial charge in [-0.15, -0.1) is 10.2 Å². The van der Waals surface area contributed by atoms with Crippen LogP contribution < -0.4 is 0 Å². The highest BCUT2D eigenvalue weighted by atomic mass is 16.4. The highest BCUT2D eigenvalue weighted by Gasteiger charge is 2.17. The van der Waals surface area contributed by atoms with Gasteiger partial charge in [-0.25, -0.2) is 0 Å². The average molecular weight is 644 g/mol. The molecular weight excluding hydrogens is 611 g/mol. The van der Waals surface area contributed by atoms with Crippen LogP contribution >= 0.6 is 0 Å². The van der Waals surface area contributed by atoms with Crippen molar-refractivity contribution >= 4 is 21.8 Å². The lowest BCUT2D eigenvalue weighted by atomic mass is 9.89. The molecule has 2 heterocycles. The summed E-state index contributed by atoms with van der Waals surface area (Å²) >= 11 is 0. The summed E-state index contributed by atoms with van der Waals surface area (Å²) in [6, 6.07) is 60.1. The molecule has 0 saturated carbocycles. The second-order valence-corrected chi connectivity index (χ2v) is 12.6. The van der Waals surface area contributed by atoms with Crippen LogP contribution in [0.4, 0.5) is 0 Å². The maximum atomic E-state index is 6.03. The maximum absolute atomic E-state index is 6.03. The van der Waals surface area contributed by atoms with Gasteiger partial charge in [0.2, 0.25) is 11.8 Å². The van der Waals surface area contributed by atoms with Crippen molar-refractivity contribution in [3.63, 3.8) is 0 Å². The molecule has 238 valence electrons. The van der Waals surface area contributed by atoms with E-state index >= 15 is 0 Å². The second-order valence-electron chi connectivity index (χ2n) is 12.6. The number of aromatic nitrogens is 3. The molecule has 0 aliphatic heterocycles. The van der Waals surface area contributed by atoms with Gasteiger partial charge in [0.1, 0.15) is 0 Å². The fourth-order valence-electron chi connectivity index (χ4n) is 7.08. The van der Waals surface area contributed by atoms with E-state index < -0.39 is 0 Å². The van der Waals surface area contributed by atoms with Crippen LogP contribution in [0, 0.1) is 0 Å². The van der Waals surface area contributed by atoms with E-state index in [-0.39, 0.29) is 0 Å². The third kappa shape index (κ3) is 5.19. The second kappa shape index (κ2) is 12.5. The van der Waals surface area contributed by atoms with E-state index in [1.54, 1.807) is 0 Å². The number of hydrogen-bond acceptors (Lipinski definition) is 3. The van der Waals surface area contributed by atoms with Gasteiger partial charge in [-0.3, -0.25) is 0 Å². The van der Waals surface area contributed by atoms with E-state index in [1.165, 1.54) is 55.3 Å². The van der Waals surface area contributed by atoms with Crippen molar-refractivity contribution in [2.75, 3.05) is 0 Å². The molecule has 0 radical (unpaired) electrons. The molecule has 4 nitrogen and oxygen atoms in total. The minimum atomic E-state index is 0.504. The zero-order valence-electron chi connectivity index (χ0n) is 27.6. The molecule has 0 amide bonds. The van der Waals surface area contributed by atoms with Crippen molar-refractivity contribution in [1.82, 2.24) is 14.8 Å². The van der Waals surface area contributed by atoms with Crippen molar-refractivity contribution in [3.8, 4) is 62.0 Å². The summed E-state index contributed by atoms with van der Waals surface area (Å²) in [6.07, 6.45) is 0.998. The Balaban J connectivity index is 1.13. The summed E-state index contributed by atoms with van der Waals surface area (Å²) < 4.78 is 8.42. The van der Waals surface area contributed by atoms with Gasteiger partial charge in [-0.05, 0) is 106 Å². The van der Waals surface area contributed by atoms with Crippen molar-refractivity contribution < 1.29 is 4.42 Å². The summed E-state index contributed by atoms with van der Waals surface area (Å²) in [7, 11) is 0. The standard InChI is InChI=1S/C46H33N3O/c1-2-31-21-27-43-41(29-31)42-30-35(26-28-44(42)49(43)36-15-7-4-8-16-36)38-18-10-12-20-40(38)39-19-11-9-17-37(39)32-22-24-34(25-23-32)46-48-47-45(50-46)33-13-5-3-6-14-33/h3-30H,2H2,1H3. The third-order valence-corrected chi connectivity index (χ3v) is 9.60. The van der Waals surface area contributed by atoms with Gasteiger partial charge in [-0.2, -0.15) is 0 Å². The third-order valence-electron chi connectivity index (χ3n) is 9.60. The quantitative estimate of drug-likeness (QED) is 0.174. The van der Waals surface area contributed by atoms with Gasteiger partial charge in [0.05, 0.1) is 11.0 Å². The van der Waals surface area contributed by atoms with Crippen LogP contribution in [0.15, 0.2) is 174 Å². The molecule has 0 fully saturated rings. The van der Waals surface area contributed by atoms with E-state index in [0.717, 1.165) is 28.7 Å². The SMILES string of the molecule is CCc1ccc2c(c1)c1cc(-c3ccccc3-c3ccccc3-c3ccc(-c4nnc(-c5ccccc5)o4)cc3)ccc1n2-c1ccccc1. The van der Waals surface area contributed by atoms with Crippen molar-refractivity contribution in [2.45, 2.75) is 13.3 Å². The van der Waals surface area contributed by atoms with Gasteiger partial charge < -0.3 is 8.98 Å². The molecule has 50 heavy (non-hydrogen) atoms. The van der Waals surface area contributed by atoms with Crippen LogP contribution in [-0.4, -0.2) is 14.8 Å². The number of nitrogens with zero attached hydrogens (tertiary/aromatic N) is 3. The van der Waals surface area contributed by atoms with Crippen LogP contribution in [-0.2, 0) is 6.42 Å². The first kappa shape index (κ1) is 29.6. The largest absolute Gasteiger partial charge is 0.416 e. The molecule has 0 atom stereocenters. The van der Waals surface area contributed by atoms with Gasteiger partial charge in [0.15, 0.2) is 0 Å². The van der Waals surface area contributed by atoms with Crippen LogP contribution in [0.1, 0.15) is 12.5 Å². The Morgan fingerprint density at radius 3 is 1.56 bits per heavy atom. The molecule has 0 unspecified atom stereocenters. The van der Waals surface area contributed by atoms with E-state index in [4.69, 9.17) is 4.42 Å². The fraction of sp³-hybridized carbons (Fsp3) is 0.0435. The monoisotopic (exact) mass is 643 g/mol. The lowest BCUT2D eigenvalue weighted by Gasteiger charge is -2.15. The molecule has 9 rings (SSSR count). The lowest BCUT2D eigenvalue weighted by molar-refractivity contribution is 0.584. The maximum Gasteiger partial charge on any atom is 0.248 e. The molecule has 9 aromatic rings. The zero-order chi connectivity index (χ0) is 33.4. The Hall–Kier alpha value is -6.52. The summed E-state index contributed by atoms with van der Waals surface area (Å²) in [5, 5.41) is 11.1.